The van der Waals surface area contributed by atoms with Gasteiger partial charge in [0.1, 0.15) is 0 Å². The van der Waals surface area contributed by atoms with Gasteiger partial charge in [-0.1, -0.05) is 6.92 Å². The molecule has 2 fully saturated rings. The minimum absolute atomic E-state index is 0.674. The third-order valence-electron chi connectivity index (χ3n) is 4.51. The van der Waals surface area contributed by atoms with E-state index in [0.29, 0.717) is 6.04 Å². The van der Waals surface area contributed by atoms with Gasteiger partial charge in [-0.15, -0.1) is 0 Å². The third-order valence-corrected chi connectivity index (χ3v) is 4.51. The zero-order valence-corrected chi connectivity index (χ0v) is 12.2. The van der Waals surface area contributed by atoms with Crippen molar-refractivity contribution in [3.63, 3.8) is 0 Å². The second kappa shape index (κ2) is 7.46. The Hall–Kier alpha value is -0.120. The first kappa shape index (κ1) is 14.3. The van der Waals surface area contributed by atoms with Gasteiger partial charge in [0.2, 0.25) is 0 Å². The lowest BCUT2D eigenvalue weighted by atomic mass is 9.91. The fourth-order valence-corrected chi connectivity index (χ4v) is 3.30. The van der Waals surface area contributed by atoms with Gasteiger partial charge in [-0.2, -0.15) is 0 Å². The molecule has 3 unspecified atom stereocenters. The fraction of sp³-hybridized carbons (Fsp3) is 1.00. The largest absolute Gasteiger partial charge is 0.381 e. The van der Waals surface area contributed by atoms with Gasteiger partial charge in [-0.25, -0.2) is 0 Å². The smallest absolute Gasteiger partial charge is 0.0507 e. The number of nitrogens with one attached hydrogen (secondary N) is 1. The summed E-state index contributed by atoms with van der Waals surface area (Å²) in [6.45, 7) is 11.6. The summed E-state index contributed by atoms with van der Waals surface area (Å²) in [5.74, 6) is 1.63. The quantitative estimate of drug-likeness (QED) is 0.786. The van der Waals surface area contributed by atoms with Crippen LogP contribution in [-0.4, -0.2) is 50.3 Å². The van der Waals surface area contributed by atoms with Crippen LogP contribution in [0.5, 0.6) is 0 Å². The lowest BCUT2D eigenvalue weighted by molar-refractivity contribution is 0.121. The van der Waals surface area contributed by atoms with E-state index >= 15 is 0 Å². The van der Waals surface area contributed by atoms with Crippen LogP contribution in [0.25, 0.3) is 0 Å². The average Bonchev–Trinajstić information content (AvgIpc) is 2.89. The highest BCUT2D eigenvalue weighted by atomic mass is 16.5. The molecule has 2 aliphatic heterocycles. The van der Waals surface area contributed by atoms with Crippen LogP contribution in [0.4, 0.5) is 0 Å². The van der Waals surface area contributed by atoms with Crippen molar-refractivity contribution in [3.05, 3.63) is 0 Å². The molecule has 3 atom stereocenters. The Morgan fingerprint density at radius 1 is 1.39 bits per heavy atom. The average molecular weight is 254 g/mol. The van der Waals surface area contributed by atoms with E-state index in [4.69, 9.17) is 4.74 Å². The standard InChI is InChI=1S/C15H30N2O/c1-3-7-16-13(2)15-5-4-8-17(11-15)10-14-6-9-18-12-14/h13-16H,3-12H2,1-2H3. The highest BCUT2D eigenvalue weighted by molar-refractivity contribution is 4.82. The monoisotopic (exact) mass is 254 g/mol. The number of piperidine rings is 1. The Labute approximate surface area is 112 Å². The molecule has 106 valence electrons. The van der Waals surface area contributed by atoms with Crippen LogP contribution in [0, 0.1) is 11.8 Å². The van der Waals surface area contributed by atoms with Crippen molar-refractivity contribution in [3.8, 4) is 0 Å². The van der Waals surface area contributed by atoms with Crippen LogP contribution in [0.15, 0.2) is 0 Å². The second-order valence-electron chi connectivity index (χ2n) is 6.13. The van der Waals surface area contributed by atoms with Crippen LogP contribution in [-0.2, 0) is 4.74 Å². The van der Waals surface area contributed by atoms with Crippen LogP contribution in [0.3, 0.4) is 0 Å². The minimum Gasteiger partial charge on any atom is -0.381 e. The molecule has 2 aliphatic rings. The molecule has 2 rings (SSSR count). The van der Waals surface area contributed by atoms with Gasteiger partial charge >= 0.3 is 0 Å². The minimum atomic E-state index is 0.674. The molecule has 2 heterocycles. The molecule has 3 nitrogen and oxygen atoms in total. The summed E-state index contributed by atoms with van der Waals surface area (Å²) >= 11 is 0. The topological polar surface area (TPSA) is 24.5 Å². The summed E-state index contributed by atoms with van der Waals surface area (Å²) in [5.41, 5.74) is 0. The van der Waals surface area contributed by atoms with E-state index in [0.717, 1.165) is 31.6 Å². The van der Waals surface area contributed by atoms with E-state index in [1.54, 1.807) is 0 Å². The first-order valence-corrected chi connectivity index (χ1v) is 7.83. The van der Waals surface area contributed by atoms with Crippen molar-refractivity contribution in [2.75, 3.05) is 39.4 Å². The molecule has 1 N–H and O–H groups in total. The Morgan fingerprint density at radius 3 is 3.00 bits per heavy atom. The maximum atomic E-state index is 5.49. The molecule has 0 aromatic rings. The van der Waals surface area contributed by atoms with Crippen molar-refractivity contribution in [2.24, 2.45) is 11.8 Å². The summed E-state index contributed by atoms with van der Waals surface area (Å²) < 4.78 is 5.49. The van der Waals surface area contributed by atoms with Crippen molar-refractivity contribution in [1.29, 1.82) is 0 Å². The summed E-state index contributed by atoms with van der Waals surface area (Å²) in [4.78, 5) is 2.68. The van der Waals surface area contributed by atoms with Crippen molar-refractivity contribution < 1.29 is 4.74 Å². The maximum Gasteiger partial charge on any atom is 0.0507 e. The molecule has 2 saturated heterocycles. The van der Waals surface area contributed by atoms with Crippen molar-refractivity contribution in [1.82, 2.24) is 10.2 Å². The molecule has 0 radical (unpaired) electrons. The van der Waals surface area contributed by atoms with Gasteiger partial charge in [0, 0.05) is 25.7 Å². The van der Waals surface area contributed by atoms with Gasteiger partial charge in [-0.3, -0.25) is 0 Å². The molecule has 0 aromatic heterocycles. The summed E-state index contributed by atoms with van der Waals surface area (Å²) in [5, 5.41) is 3.66. The van der Waals surface area contributed by atoms with Gasteiger partial charge in [0.05, 0.1) is 6.61 Å². The van der Waals surface area contributed by atoms with Crippen molar-refractivity contribution >= 4 is 0 Å². The lowest BCUT2D eigenvalue weighted by Crippen LogP contribution is -2.46. The SMILES string of the molecule is CCCNC(C)C1CCCN(CC2CCOC2)C1. The van der Waals surface area contributed by atoms with E-state index in [2.05, 4.69) is 24.1 Å². The van der Waals surface area contributed by atoms with Crippen LogP contribution in [0.2, 0.25) is 0 Å². The van der Waals surface area contributed by atoms with Gasteiger partial charge in [0.25, 0.3) is 0 Å². The van der Waals surface area contributed by atoms with Crippen LogP contribution >= 0.6 is 0 Å². The van der Waals surface area contributed by atoms with E-state index in [-0.39, 0.29) is 0 Å². The van der Waals surface area contributed by atoms with Crippen LogP contribution < -0.4 is 5.32 Å². The third kappa shape index (κ3) is 4.22. The summed E-state index contributed by atoms with van der Waals surface area (Å²) in [6.07, 6.45) is 5.27. The van der Waals surface area contributed by atoms with Crippen LogP contribution in [0.1, 0.15) is 39.5 Å². The number of rotatable bonds is 6. The molecule has 18 heavy (non-hydrogen) atoms. The Balaban J connectivity index is 1.73. The number of likely N-dealkylation sites (tertiary alicyclic amines) is 1. The first-order valence-electron chi connectivity index (χ1n) is 7.83. The molecule has 0 aliphatic carbocycles. The zero-order valence-electron chi connectivity index (χ0n) is 12.2. The molecule has 0 aromatic carbocycles. The number of hydrogen-bond donors (Lipinski definition) is 1. The van der Waals surface area contributed by atoms with E-state index in [1.165, 1.54) is 45.3 Å². The zero-order chi connectivity index (χ0) is 12.8. The Kier molecular flexibility index (Phi) is 5.93. The molecular weight excluding hydrogens is 224 g/mol. The predicted octanol–water partition coefficient (Wildman–Crippen LogP) is 2.12. The number of nitrogens with zero attached hydrogens (tertiary/aromatic N) is 1. The maximum absolute atomic E-state index is 5.49. The van der Waals surface area contributed by atoms with E-state index < -0.39 is 0 Å². The summed E-state index contributed by atoms with van der Waals surface area (Å²) in [7, 11) is 0. The van der Waals surface area contributed by atoms with Gasteiger partial charge < -0.3 is 15.0 Å². The van der Waals surface area contributed by atoms with Gasteiger partial charge in [0.15, 0.2) is 0 Å². The number of ether oxygens (including phenoxy) is 1. The fourth-order valence-electron chi connectivity index (χ4n) is 3.30. The first-order chi connectivity index (χ1) is 8.79. The molecule has 0 saturated carbocycles. The Morgan fingerprint density at radius 2 is 2.28 bits per heavy atom. The van der Waals surface area contributed by atoms with Gasteiger partial charge in [-0.05, 0) is 57.5 Å². The molecule has 3 heteroatoms. The Bertz CT molecular complexity index is 229. The van der Waals surface area contributed by atoms with Crippen molar-refractivity contribution in [2.45, 2.75) is 45.6 Å². The predicted molar refractivity (Wildman–Crippen MR) is 75.8 cm³/mol. The highest BCUT2D eigenvalue weighted by Crippen LogP contribution is 2.22. The molecular formula is C15H30N2O. The number of hydrogen-bond acceptors (Lipinski definition) is 3. The molecule has 0 bridgehead atoms. The summed E-state index contributed by atoms with van der Waals surface area (Å²) in [6, 6.07) is 0.674. The second-order valence-corrected chi connectivity index (χ2v) is 6.13. The normalized spacial score (nSPS) is 31.7. The molecule has 0 amide bonds. The van der Waals surface area contributed by atoms with E-state index in [1.807, 2.05) is 0 Å². The van der Waals surface area contributed by atoms with E-state index in [9.17, 15) is 0 Å². The lowest BCUT2D eigenvalue weighted by Gasteiger charge is -2.37. The molecule has 0 spiro atoms. The highest BCUT2D eigenvalue weighted by Gasteiger charge is 2.26.